The Bertz CT molecular complexity index is 638. The summed E-state index contributed by atoms with van der Waals surface area (Å²) in [6.45, 7) is 2.88. The molecule has 0 amide bonds. The van der Waals surface area contributed by atoms with Crippen LogP contribution in [-0.2, 0) is 19.7 Å². The highest BCUT2D eigenvalue weighted by atomic mass is 35.5. The fraction of sp³-hybridized carbons (Fsp3) is 0.286. The Morgan fingerprint density at radius 1 is 1.30 bits per heavy atom. The number of aliphatic hydroxyl groups is 1. The molecule has 0 unspecified atom stereocenters. The molecule has 0 radical (unpaired) electrons. The van der Waals surface area contributed by atoms with Crippen molar-refractivity contribution in [1.29, 1.82) is 0 Å². The molecule has 0 aliphatic heterocycles. The summed E-state index contributed by atoms with van der Waals surface area (Å²) in [7, 11) is 0. The first kappa shape index (κ1) is 14.6. The predicted octanol–water partition coefficient (Wildman–Crippen LogP) is 2.02. The maximum atomic E-state index is 11.8. The number of hydrogen-bond donors (Lipinski definition) is 2. The van der Waals surface area contributed by atoms with Gasteiger partial charge < -0.3 is 10.4 Å². The molecule has 6 heteroatoms. The van der Waals surface area contributed by atoms with Crippen LogP contribution >= 0.6 is 11.6 Å². The molecular weight excluding hydrogens is 278 g/mol. The summed E-state index contributed by atoms with van der Waals surface area (Å²) in [5.41, 5.74) is 2.11. The summed E-state index contributed by atoms with van der Waals surface area (Å²) in [4.78, 5) is 11.8. The summed E-state index contributed by atoms with van der Waals surface area (Å²) in [6.07, 6.45) is 1.55. The van der Waals surface area contributed by atoms with Crippen molar-refractivity contribution in [1.82, 2.24) is 9.78 Å². The SMILES string of the molecule is CCn1ncc(NCc2ccc(CO)cc2)c(Cl)c1=O. The Morgan fingerprint density at radius 2 is 1.95 bits per heavy atom. The summed E-state index contributed by atoms with van der Waals surface area (Å²) >= 11 is 6.02. The number of halogens is 1. The Morgan fingerprint density at radius 3 is 2.55 bits per heavy atom. The summed E-state index contributed by atoms with van der Waals surface area (Å²) in [6, 6.07) is 7.53. The first-order valence-corrected chi connectivity index (χ1v) is 6.71. The lowest BCUT2D eigenvalue weighted by molar-refractivity contribution is 0.282. The van der Waals surface area contributed by atoms with Crippen molar-refractivity contribution in [3.8, 4) is 0 Å². The van der Waals surface area contributed by atoms with Crippen LogP contribution in [0.1, 0.15) is 18.1 Å². The number of anilines is 1. The molecule has 0 atom stereocenters. The lowest BCUT2D eigenvalue weighted by Crippen LogP contribution is -2.23. The number of nitrogens with one attached hydrogen (secondary N) is 1. The predicted molar refractivity (Wildman–Crippen MR) is 78.9 cm³/mol. The van der Waals surface area contributed by atoms with Crippen LogP contribution in [0.4, 0.5) is 5.69 Å². The first-order chi connectivity index (χ1) is 9.65. The van der Waals surface area contributed by atoms with Gasteiger partial charge in [0.1, 0.15) is 5.02 Å². The van der Waals surface area contributed by atoms with Gasteiger partial charge >= 0.3 is 0 Å². The smallest absolute Gasteiger partial charge is 0.287 e. The largest absolute Gasteiger partial charge is 0.392 e. The van der Waals surface area contributed by atoms with Crippen LogP contribution in [0, 0.1) is 0 Å². The first-order valence-electron chi connectivity index (χ1n) is 6.34. The van der Waals surface area contributed by atoms with Crippen molar-refractivity contribution in [3.05, 3.63) is 57.0 Å². The molecule has 5 nitrogen and oxygen atoms in total. The van der Waals surface area contributed by atoms with Crippen LogP contribution in [-0.4, -0.2) is 14.9 Å². The molecule has 1 heterocycles. The van der Waals surface area contributed by atoms with Crippen LogP contribution < -0.4 is 10.9 Å². The van der Waals surface area contributed by atoms with Crippen molar-refractivity contribution in [3.63, 3.8) is 0 Å². The second kappa shape index (κ2) is 6.54. The molecule has 0 spiro atoms. The third-order valence-electron chi connectivity index (χ3n) is 2.97. The molecule has 0 aliphatic rings. The quantitative estimate of drug-likeness (QED) is 0.885. The second-order valence-corrected chi connectivity index (χ2v) is 4.70. The van der Waals surface area contributed by atoms with E-state index >= 15 is 0 Å². The third-order valence-corrected chi connectivity index (χ3v) is 3.34. The lowest BCUT2D eigenvalue weighted by atomic mass is 10.1. The minimum absolute atomic E-state index is 0.0265. The maximum Gasteiger partial charge on any atom is 0.287 e. The molecule has 0 saturated carbocycles. The van der Waals surface area contributed by atoms with Crippen molar-refractivity contribution in [2.24, 2.45) is 0 Å². The minimum Gasteiger partial charge on any atom is -0.392 e. The van der Waals surface area contributed by atoms with E-state index in [1.807, 2.05) is 31.2 Å². The maximum absolute atomic E-state index is 11.8. The molecule has 106 valence electrons. The normalized spacial score (nSPS) is 10.6. The monoisotopic (exact) mass is 293 g/mol. The van der Waals surface area contributed by atoms with Crippen molar-refractivity contribution >= 4 is 17.3 Å². The summed E-state index contributed by atoms with van der Waals surface area (Å²) in [5, 5.41) is 16.2. The van der Waals surface area contributed by atoms with Gasteiger partial charge in [-0.15, -0.1) is 0 Å². The Kier molecular flexibility index (Phi) is 4.76. The average Bonchev–Trinajstić information content (AvgIpc) is 2.49. The number of aliphatic hydroxyl groups excluding tert-OH is 1. The van der Waals surface area contributed by atoms with Gasteiger partial charge in [-0.2, -0.15) is 5.10 Å². The number of aromatic nitrogens is 2. The van der Waals surface area contributed by atoms with Gasteiger partial charge in [0.05, 0.1) is 18.5 Å². The number of hydrogen-bond acceptors (Lipinski definition) is 4. The summed E-state index contributed by atoms with van der Waals surface area (Å²) < 4.78 is 1.31. The number of aryl methyl sites for hydroxylation is 1. The highest BCUT2D eigenvalue weighted by Crippen LogP contribution is 2.16. The second-order valence-electron chi connectivity index (χ2n) is 4.32. The van der Waals surface area contributed by atoms with Gasteiger partial charge in [-0.3, -0.25) is 4.79 Å². The van der Waals surface area contributed by atoms with Crippen LogP contribution in [0.3, 0.4) is 0 Å². The molecule has 0 fully saturated rings. The van der Waals surface area contributed by atoms with E-state index in [1.165, 1.54) is 4.68 Å². The third kappa shape index (κ3) is 3.18. The van der Waals surface area contributed by atoms with E-state index in [-0.39, 0.29) is 17.2 Å². The minimum atomic E-state index is -0.296. The lowest BCUT2D eigenvalue weighted by Gasteiger charge is -2.09. The highest BCUT2D eigenvalue weighted by Gasteiger charge is 2.07. The van der Waals surface area contributed by atoms with Gasteiger partial charge in [0, 0.05) is 13.1 Å². The van der Waals surface area contributed by atoms with Gasteiger partial charge in [-0.25, -0.2) is 4.68 Å². The topological polar surface area (TPSA) is 67.2 Å². The highest BCUT2D eigenvalue weighted by molar-refractivity contribution is 6.32. The zero-order valence-electron chi connectivity index (χ0n) is 11.1. The average molecular weight is 294 g/mol. The fourth-order valence-corrected chi connectivity index (χ4v) is 1.99. The summed E-state index contributed by atoms with van der Waals surface area (Å²) in [5.74, 6) is 0. The fourth-order valence-electron chi connectivity index (χ4n) is 1.77. The zero-order valence-corrected chi connectivity index (χ0v) is 11.9. The van der Waals surface area contributed by atoms with Crippen molar-refractivity contribution < 1.29 is 5.11 Å². The molecule has 20 heavy (non-hydrogen) atoms. The van der Waals surface area contributed by atoms with Crippen LogP contribution in [0.2, 0.25) is 5.02 Å². The van der Waals surface area contributed by atoms with E-state index in [9.17, 15) is 4.79 Å². The molecule has 2 N–H and O–H groups in total. The molecule has 1 aromatic heterocycles. The van der Waals surface area contributed by atoms with E-state index in [0.29, 0.717) is 18.8 Å². The van der Waals surface area contributed by atoms with Crippen LogP contribution in [0.25, 0.3) is 0 Å². The Hall–Kier alpha value is -1.85. The van der Waals surface area contributed by atoms with E-state index < -0.39 is 0 Å². The van der Waals surface area contributed by atoms with Crippen molar-refractivity contribution in [2.75, 3.05) is 5.32 Å². The molecular formula is C14H16ClN3O2. The molecule has 0 aliphatic carbocycles. The number of rotatable bonds is 5. The number of benzene rings is 1. The van der Waals surface area contributed by atoms with Crippen LogP contribution in [0.15, 0.2) is 35.3 Å². The number of nitrogens with zero attached hydrogens (tertiary/aromatic N) is 2. The van der Waals surface area contributed by atoms with Gasteiger partial charge in [0.2, 0.25) is 0 Å². The van der Waals surface area contributed by atoms with Gasteiger partial charge in [-0.05, 0) is 18.1 Å². The van der Waals surface area contributed by atoms with Gasteiger partial charge in [0.25, 0.3) is 5.56 Å². The standard InChI is InChI=1S/C14H16ClN3O2/c1-2-18-14(20)13(15)12(8-17-18)16-7-10-3-5-11(9-19)6-4-10/h3-6,8,16,19H,2,7,9H2,1H3. The van der Waals surface area contributed by atoms with Crippen LogP contribution in [0.5, 0.6) is 0 Å². The molecule has 2 aromatic rings. The van der Waals surface area contributed by atoms with E-state index in [0.717, 1.165) is 11.1 Å². The van der Waals surface area contributed by atoms with Crippen molar-refractivity contribution in [2.45, 2.75) is 26.6 Å². The van der Waals surface area contributed by atoms with E-state index in [2.05, 4.69) is 10.4 Å². The zero-order chi connectivity index (χ0) is 14.5. The molecule has 0 saturated heterocycles. The Labute approximate surface area is 121 Å². The van der Waals surface area contributed by atoms with Gasteiger partial charge in [-0.1, -0.05) is 35.9 Å². The van der Waals surface area contributed by atoms with E-state index in [4.69, 9.17) is 16.7 Å². The Balaban J connectivity index is 2.10. The molecule has 0 bridgehead atoms. The molecule has 1 aromatic carbocycles. The van der Waals surface area contributed by atoms with E-state index in [1.54, 1.807) is 6.20 Å². The molecule has 2 rings (SSSR count). The van der Waals surface area contributed by atoms with Gasteiger partial charge in [0.15, 0.2) is 0 Å².